The van der Waals surface area contributed by atoms with Crippen molar-refractivity contribution in [3.63, 3.8) is 0 Å². The molecule has 3 aromatic heterocycles. The molecule has 1 N–H and O–H groups in total. The third-order valence-electron chi connectivity index (χ3n) is 5.09. The summed E-state index contributed by atoms with van der Waals surface area (Å²) in [4.78, 5) is 30.8. The molecule has 1 amide bonds. The predicted octanol–water partition coefficient (Wildman–Crippen LogP) is 5.46. The molecule has 0 unspecified atom stereocenters. The highest BCUT2D eigenvalue weighted by Crippen LogP contribution is 2.31. The molecule has 0 bridgehead atoms. The van der Waals surface area contributed by atoms with E-state index < -0.39 is 0 Å². The maximum absolute atomic E-state index is 12.9. The Hall–Kier alpha value is -3.23. The first-order valence-electron chi connectivity index (χ1n) is 10.1. The van der Waals surface area contributed by atoms with Crippen LogP contribution in [0.25, 0.3) is 5.00 Å². The summed E-state index contributed by atoms with van der Waals surface area (Å²) in [7, 11) is 0. The SMILES string of the molecule is Cc1ccccc1NC(=O)Cc1nc(COC(=O)c2c(-n3cccc3)sc(C)c2C)cs1. The second-order valence-electron chi connectivity index (χ2n) is 7.40. The molecule has 0 spiro atoms. The third kappa shape index (κ3) is 4.81. The Labute approximate surface area is 194 Å². The number of aromatic nitrogens is 2. The van der Waals surface area contributed by atoms with Gasteiger partial charge in [0.2, 0.25) is 5.91 Å². The molecule has 3 heterocycles. The van der Waals surface area contributed by atoms with Crippen LogP contribution in [0.3, 0.4) is 0 Å². The number of para-hydroxylation sites is 1. The molecule has 4 rings (SSSR count). The van der Waals surface area contributed by atoms with Gasteiger partial charge in [0.1, 0.15) is 16.6 Å². The molecule has 6 nitrogen and oxygen atoms in total. The molecular weight excluding hydrogens is 442 g/mol. The van der Waals surface area contributed by atoms with E-state index in [1.165, 1.54) is 11.3 Å². The second kappa shape index (κ2) is 9.50. The average Bonchev–Trinajstić information content (AvgIpc) is 3.50. The topological polar surface area (TPSA) is 73.2 Å². The Morgan fingerprint density at radius 3 is 2.59 bits per heavy atom. The van der Waals surface area contributed by atoms with Crippen LogP contribution in [0.1, 0.15) is 37.1 Å². The van der Waals surface area contributed by atoms with Gasteiger partial charge in [0, 0.05) is 28.3 Å². The van der Waals surface area contributed by atoms with Crippen molar-refractivity contribution in [3.8, 4) is 5.00 Å². The number of rotatable bonds is 7. The molecule has 32 heavy (non-hydrogen) atoms. The second-order valence-corrected chi connectivity index (χ2v) is 9.55. The summed E-state index contributed by atoms with van der Waals surface area (Å²) in [5.74, 6) is -0.500. The van der Waals surface area contributed by atoms with Crippen LogP contribution in [0.5, 0.6) is 0 Å². The number of benzene rings is 1. The summed E-state index contributed by atoms with van der Waals surface area (Å²) < 4.78 is 7.50. The maximum Gasteiger partial charge on any atom is 0.341 e. The number of anilines is 1. The van der Waals surface area contributed by atoms with Gasteiger partial charge in [-0.05, 0) is 50.1 Å². The normalized spacial score (nSPS) is 10.8. The zero-order valence-corrected chi connectivity index (χ0v) is 19.7. The molecule has 8 heteroatoms. The van der Waals surface area contributed by atoms with E-state index in [4.69, 9.17) is 4.74 Å². The minimum absolute atomic E-state index is 0.0637. The van der Waals surface area contributed by atoms with Gasteiger partial charge in [-0.3, -0.25) is 4.79 Å². The van der Waals surface area contributed by atoms with Crippen molar-refractivity contribution in [3.05, 3.63) is 86.4 Å². The Balaban J connectivity index is 1.38. The van der Waals surface area contributed by atoms with Crippen molar-refractivity contribution in [2.75, 3.05) is 5.32 Å². The number of nitrogens with zero attached hydrogens (tertiary/aromatic N) is 2. The zero-order chi connectivity index (χ0) is 22.7. The molecule has 0 fully saturated rings. The molecule has 0 aliphatic heterocycles. The minimum Gasteiger partial charge on any atom is -0.455 e. The Morgan fingerprint density at radius 2 is 1.84 bits per heavy atom. The summed E-state index contributed by atoms with van der Waals surface area (Å²) in [6, 6.07) is 11.5. The fraction of sp³-hybridized carbons (Fsp3) is 0.208. The van der Waals surface area contributed by atoms with Crippen LogP contribution in [0.2, 0.25) is 0 Å². The number of esters is 1. The van der Waals surface area contributed by atoms with E-state index in [2.05, 4.69) is 10.3 Å². The van der Waals surface area contributed by atoms with Crippen LogP contribution < -0.4 is 5.32 Å². The van der Waals surface area contributed by atoms with E-state index in [-0.39, 0.29) is 24.9 Å². The lowest BCUT2D eigenvalue weighted by molar-refractivity contribution is -0.115. The van der Waals surface area contributed by atoms with E-state index in [0.717, 1.165) is 26.7 Å². The summed E-state index contributed by atoms with van der Waals surface area (Å²) >= 11 is 2.95. The van der Waals surface area contributed by atoms with E-state index in [1.807, 2.05) is 79.5 Å². The van der Waals surface area contributed by atoms with Crippen LogP contribution >= 0.6 is 22.7 Å². The van der Waals surface area contributed by atoms with Crippen molar-refractivity contribution >= 4 is 40.2 Å². The molecule has 164 valence electrons. The number of hydrogen-bond acceptors (Lipinski definition) is 6. The molecule has 0 radical (unpaired) electrons. The average molecular weight is 466 g/mol. The number of amides is 1. The van der Waals surface area contributed by atoms with Gasteiger partial charge in [-0.15, -0.1) is 22.7 Å². The van der Waals surface area contributed by atoms with Crippen molar-refractivity contribution in [1.82, 2.24) is 9.55 Å². The third-order valence-corrected chi connectivity index (χ3v) is 7.21. The number of thiazole rings is 1. The van der Waals surface area contributed by atoms with Crippen LogP contribution in [0.4, 0.5) is 5.69 Å². The number of hydrogen-bond donors (Lipinski definition) is 1. The maximum atomic E-state index is 12.9. The zero-order valence-electron chi connectivity index (χ0n) is 18.0. The Kier molecular flexibility index (Phi) is 6.53. The highest BCUT2D eigenvalue weighted by molar-refractivity contribution is 7.15. The molecule has 4 aromatic rings. The lowest BCUT2D eigenvalue weighted by Gasteiger charge is -2.07. The smallest absolute Gasteiger partial charge is 0.341 e. The molecular formula is C24H23N3O3S2. The van der Waals surface area contributed by atoms with Crippen molar-refractivity contribution in [2.24, 2.45) is 0 Å². The standard InChI is InChI=1S/C24H23N3O3S2/c1-15-8-4-5-9-19(15)26-20(28)12-21-25-18(14-31-21)13-30-24(29)22-16(2)17(3)32-23(22)27-10-6-7-11-27/h4-11,14H,12-13H2,1-3H3,(H,26,28). The van der Waals surface area contributed by atoms with Gasteiger partial charge >= 0.3 is 5.97 Å². The van der Waals surface area contributed by atoms with E-state index in [9.17, 15) is 9.59 Å². The van der Waals surface area contributed by atoms with Crippen molar-refractivity contribution < 1.29 is 14.3 Å². The lowest BCUT2D eigenvalue weighted by Crippen LogP contribution is -2.15. The summed E-state index contributed by atoms with van der Waals surface area (Å²) in [6.07, 6.45) is 4.00. The van der Waals surface area contributed by atoms with Gasteiger partial charge in [0.05, 0.1) is 17.7 Å². The summed E-state index contributed by atoms with van der Waals surface area (Å²) in [5.41, 5.74) is 3.94. The monoisotopic (exact) mass is 465 g/mol. The fourth-order valence-electron chi connectivity index (χ4n) is 3.25. The van der Waals surface area contributed by atoms with Gasteiger partial charge in [0.25, 0.3) is 0 Å². The first-order chi connectivity index (χ1) is 15.4. The lowest BCUT2D eigenvalue weighted by atomic mass is 10.1. The number of ether oxygens (including phenoxy) is 1. The largest absolute Gasteiger partial charge is 0.455 e. The molecule has 0 atom stereocenters. The van der Waals surface area contributed by atoms with Crippen LogP contribution in [0.15, 0.2) is 54.2 Å². The summed E-state index contributed by atoms with van der Waals surface area (Å²) in [5, 5.41) is 6.26. The molecule has 0 saturated heterocycles. The highest BCUT2D eigenvalue weighted by atomic mass is 32.1. The van der Waals surface area contributed by atoms with Crippen LogP contribution in [0, 0.1) is 20.8 Å². The van der Waals surface area contributed by atoms with Gasteiger partial charge in [0.15, 0.2) is 0 Å². The first-order valence-corrected chi connectivity index (χ1v) is 11.8. The van der Waals surface area contributed by atoms with Gasteiger partial charge in [-0.1, -0.05) is 18.2 Å². The van der Waals surface area contributed by atoms with Crippen molar-refractivity contribution in [1.29, 1.82) is 0 Å². The number of carbonyl (C=O) groups excluding carboxylic acids is 2. The van der Waals surface area contributed by atoms with E-state index >= 15 is 0 Å². The van der Waals surface area contributed by atoms with Crippen molar-refractivity contribution in [2.45, 2.75) is 33.8 Å². The Bertz CT molecular complexity index is 1260. The quantitative estimate of drug-likeness (QED) is 0.368. The fourth-order valence-corrected chi connectivity index (χ4v) is 5.14. The minimum atomic E-state index is -0.373. The van der Waals surface area contributed by atoms with E-state index in [0.29, 0.717) is 16.3 Å². The van der Waals surface area contributed by atoms with Crippen LogP contribution in [-0.2, 0) is 22.6 Å². The van der Waals surface area contributed by atoms with Gasteiger partial charge in [-0.25, -0.2) is 9.78 Å². The number of carbonyl (C=O) groups is 2. The number of nitrogens with one attached hydrogen (secondary N) is 1. The van der Waals surface area contributed by atoms with Gasteiger partial charge < -0.3 is 14.6 Å². The molecule has 0 saturated carbocycles. The molecule has 0 aliphatic rings. The molecule has 1 aromatic carbocycles. The first kappa shape index (κ1) is 22.0. The number of thiophene rings is 1. The van der Waals surface area contributed by atoms with E-state index in [1.54, 1.807) is 11.3 Å². The summed E-state index contributed by atoms with van der Waals surface area (Å²) in [6.45, 7) is 5.94. The number of aryl methyl sites for hydroxylation is 2. The van der Waals surface area contributed by atoms with Gasteiger partial charge in [-0.2, -0.15) is 0 Å². The highest BCUT2D eigenvalue weighted by Gasteiger charge is 2.22. The Morgan fingerprint density at radius 1 is 1.09 bits per heavy atom. The van der Waals surface area contributed by atoms with Crippen LogP contribution in [-0.4, -0.2) is 21.4 Å². The molecule has 0 aliphatic carbocycles. The predicted molar refractivity (Wildman–Crippen MR) is 128 cm³/mol.